The summed E-state index contributed by atoms with van der Waals surface area (Å²) in [5, 5.41) is 0. The second-order valence-electron chi connectivity index (χ2n) is 6.12. The summed E-state index contributed by atoms with van der Waals surface area (Å²) >= 11 is 1.91. The van der Waals surface area contributed by atoms with E-state index in [1.54, 1.807) is 0 Å². The molecule has 1 aliphatic heterocycles. The molecule has 3 aromatic rings. The zero-order valence-corrected chi connectivity index (χ0v) is 15.3. The third kappa shape index (κ3) is 2.50. The molecule has 3 aromatic carbocycles. The SMILES string of the molecule is Cc1cc(C)c([SH]2c3ccccc3Sc3ccccc32)c(C)c1. The molecule has 0 aliphatic carbocycles. The predicted molar refractivity (Wildman–Crippen MR) is 101 cm³/mol. The second kappa shape index (κ2) is 5.77. The molecule has 0 unspecified atom stereocenters. The fraction of sp³-hybridized carbons (Fsp3) is 0.143. The van der Waals surface area contributed by atoms with Gasteiger partial charge in [-0.1, -0.05) is 53.7 Å². The maximum absolute atomic E-state index is 2.33. The van der Waals surface area contributed by atoms with Crippen LogP contribution in [0.5, 0.6) is 0 Å². The van der Waals surface area contributed by atoms with Crippen LogP contribution in [0.15, 0.2) is 85.1 Å². The maximum atomic E-state index is 2.33. The summed E-state index contributed by atoms with van der Waals surface area (Å²) in [5.41, 5.74) is 4.20. The third-order valence-corrected chi connectivity index (χ3v) is 8.64. The van der Waals surface area contributed by atoms with Crippen LogP contribution in [0.3, 0.4) is 0 Å². The Morgan fingerprint density at radius 3 is 1.70 bits per heavy atom. The first-order chi connectivity index (χ1) is 11.1. The van der Waals surface area contributed by atoms with E-state index in [0.29, 0.717) is 0 Å². The van der Waals surface area contributed by atoms with Gasteiger partial charge in [-0.2, -0.15) is 10.9 Å². The van der Waals surface area contributed by atoms with Crippen molar-refractivity contribution in [3.05, 3.63) is 77.4 Å². The van der Waals surface area contributed by atoms with Crippen LogP contribution in [0.4, 0.5) is 0 Å². The standard InChI is InChI=1S/C21H20S2/c1-14-12-15(2)21(16(3)13-14)23-19-10-6-4-8-17(19)22-18-9-5-7-11-20(18)23/h4-13,23H,1-3H3. The van der Waals surface area contributed by atoms with Gasteiger partial charge in [-0.3, -0.25) is 0 Å². The number of hydrogen-bond acceptors (Lipinski definition) is 1. The zero-order valence-electron chi connectivity index (χ0n) is 13.6. The highest BCUT2D eigenvalue weighted by atomic mass is 32.2. The van der Waals surface area contributed by atoms with Gasteiger partial charge in [-0.25, -0.2) is 0 Å². The molecule has 0 atom stereocenters. The molecule has 116 valence electrons. The van der Waals surface area contributed by atoms with E-state index >= 15 is 0 Å². The van der Waals surface area contributed by atoms with Gasteiger partial charge >= 0.3 is 0 Å². The van der Waals surface area contributed by atoms with Crippen LogP contribution in [-0.2, 0) is 0 Å². The van der Waals surface area contributed by atoms with E-state index in [1.807, 2.05) is 11.8 Å². The van der Waals surface area contributed by atoms with Crippen LogP contribution >= 0.6 is 22.7 Å². The zero-order chi connectivity index (χ0) is 16.0. The van der Waals surface area contributed by atoms with Crippen molar-refractivity contribution >= 4 is 22.7 Å². The van der Waals surface area contributed by atoms with Gasteiger partial charge < -0.3 is 0 Å². The summed E-state index contributed by atoms with van der Waals surface area (Å²) in [7, 11) is -0.473. The normalized spacial score (nSPS) is 14.3. The Hall–Kier alpha value is -1.64. The van der Waals surface area contributed by atoms with E-state index in [1.165, 1.54) is 41.2 Å². The molecule has 0 spiro atoms. The Morgan fingerprint density at radius 1 is 0.696 bits per heavy atom. The Morgan fingerprint density at radius 2 is 1.17 bits per heavy atom. The van der Waals surface area contributed by atoms with Gasteiger partial charge in [0, 0.05) is 24.5 Å². The van der Waals surface area contributed by atoms with Crippen molar-refractivity contribution in [2.24, 2.45) is 0 Å². The van der Waals surface area contributed by atoms with Crippen LogP contribution in [-0.4, -0.2) is 0 Å². The summed E-state index contributed by atoms with van der Waals surface area (Å²) in [5.74, 6) is 0. The van der Waals surface area contributed by atoms with Gasteiger partial charge in [-0.15, -0.1) is 0 Å². The molecule has 0 radical (unpaired) electrons. The molecule has 0 saturated carbocycles. The maximum Gasteiger partial charge on any atom is 0.0247 e. The number of hydrogen-bond donors (Lipinski definition) is 1. The van der Waals surface area contributed by atoms with Crippen molar-refractivity contribution in [3.63, 3.8) is 0 Å². The Bertz CT molecular complexity index is 827. The average Bonchev–Trinajstić information content (AvgIpc) is 2.53. The molecule has 0 nitrogen and oxygen atoms in total. The molecule has 0 aromatic heterocycles. The molecular weight excluding hydrogens is 316 g/mol. The molecule has 0 saturated heterocycles. The summed E-state index contributed by atoms with van der Waals surface area (Å²) in [4.78, 5) is 7.36. The predicted octanol–water partition coefficient (Wildman–Crippen LogP) is 6.55. The molecule has 0 fully saturated rings. The van der Waals surface area contributed by atoms with E-state index in [4.69, 9.17) is 0 Å². The lowest BCUT2D eigenvalue weighted by atomic mass is 10.1. The molecule has 0 N–H and O–H groups in total. The Labute approximate surface area is 145 Å². The van der Waals surface area contributed by atoms with E-state index in [-0.39, 0.29) is 0 Å². The minimum absolute atomic E-state index is 0.473. The smallest absolute Gasteiger partial charge is 0.0247 e. The minimum atomic E-state index is -0.473. The molecule has 2 heteroatoms. The Balaban J connectivity index is 2.02. The fourth-order valence-corrected chi connectivity index (χ4v) is 7.80. The number of thiol groups is 1. The third-order valence-electron chi connectivity index (χ3n) is 4.29. The lowest BCUT2D eigenvalue weighted by molar-refractivity contribution is 1.10. The molecule has 0 bridgehead atoms. The summed E-state index contributed by atoms with van der Waals surface area (Å²) in [6.07, 6.45) is 0. The lowest BCUT2D eigenvalue weighted by Crippen LogP contribution is -2.01. The van der Waals surface area contributed by atoms with Gasteiger partial charge in [0.05, 0.1) is 0 Å². The van der Waals surface area contributed by atoms with Gasteiger partial charge in [0.1, 0.15) is 0 Å². The van der Waals surface area contributed by atoms with E-state index in [0.717, 1.165) is 0 Å². The van der Waals surface area contributed by atoms with Crippen molar-refractivity contribution in [2.75, 3.05) is 0 Å². The minimum Gasteiger partial charge on any atom is -0.170 e. The summed E-state index contributed by atoms with van der Waals surface area (Å²) in [6, 6.07) is 22.5. The highest BCUT2D eigenvalue weighted by Gasteiger charge is 2.26. The first kappa shape index (κ1) is 14.9. The van der Waals surface area contributed by atoms with Gasteiger partial charge in [0.2, 0.25) is 0 Å². The van der Waals surface area contributed by atoms with Crippen LogP contribution in [0.2, 0.25) is 0 Å². The van der Waals surface area contributed by atoms with Crippen molar-refractivity contribution in [2.45, 2.75) is 45.2 Å². The molecule has 1 heterocycles. The van der Waals surface area contributed by atoms with Gasteiger partial charge in [0.25, 0.3) is 0 Å². The first-order valence-corrected chi connectivity index (χ1v) is 10.0. The quantitative estimate of drug-likeness (QED) is 0.384. The average molecular weight is 337 g/mol. The first-order valence-electron chi connectivity index (χ1n) is 7.89. The van der Waals surface area contributed by atoms with Crippen LogP contribution in [0, 0.1) is 20.8 Å². The number of rotatable bonds is 1. The highest BCUT2D eigenvalue weighted by molar-refractivity contribution is 8.18. The van der Waals surface area contributed by atoms with Crippen LogP contribution < -0.4 is 0 Å². The lowest BCUT2D eigenvalue weighted by Gasteiger charge is -2.33. The molecular formula is C21H20S2. The van der Waals surface area contributed by atoms with Crippen molar-refractivity contribution in [3.8, 4) is 0 Å². The van der Waals surface area contributed by atoms with E-state index < -0.39 is 10.9 Å². The largest absolute Gasteiger partial charge is 0.170 e. The molecule has 0 amide bonds. The van der Waals surface area contributed by atoms with Gasteiger partial charge in [0.15, 0.2) is 0 Å². The summed E-state index contributed by atoms with van der Waals surface area (Å²) < 4.78 is 0. The number of aryl methyl sites for hydroxylation is 3. The topological polar surface area (TPSA) is 0 Å². The fourth-order valence-electron chi connectivity index (χ4n) is 3.47. The number of fused-ring (bicyclic) bond motifs is 2. The Kier molecular flexibility index (Phi) is 3.74. The number of benzene rings is 3. The highest BCUT2D eigenvalue weighted by Crippen LogP contribution is 2.62. The van der Waals surface area contributed by atoms with E-state index in [2.05, 4.69) is 81.4 Å². The van der Waals surface area contributed by atoms with Crippen LogP contribution in [0.1, 0.15) is 16.7 Å². The van der Waals surface area contributed by atoms with Crippen molar-refractivity contribution < 1.29 is 0 Å². The van der Waals surface area contributed by atoms with Crippen LogP contribution in [0.25, 0.3) is 0 Å². The molecule has 4 rings (SSSR count). The van der Waals surface area contributed by atoms with Crippen molar-refractivity contribution in [1.29, 1.82) is 0 Å². The van der Waals surface area contributed by atoms with Crippen molar-refractivity contribution in [1.82, 2.24) is 0 Å². The summed E-state index contributed by atoms with van der Waals surface area (Å²) in [6.45, 7) is 6.73. The monoisotopic (exact) mass is 336 g/mol. The van der Waals surface area contributed by atoms with Gasteiger partial charge in [-0.05, 0) is 56.2 Å². The molecule has 23 heavy (non-hydrogen) atoms. The van der Waals surface area contributed by atoms with E-state index in [9.17, 15) is 0 Å². The molecule has 1 aliphatic rings. The second-order valence-corrected chi connectivity index (χ2v) is 9.29.